The van der Waals surface area contributed by atoms with Crippen LogP contribution in [0.15, 0.2) is 89.1 Å². The molecule has 0 saturated carbocycles. The number of hydrazone groups is 1. The molecule has 1 aromatic heterocycles. The lowest BCUT2D eigenvalue weighted by molar-refractivity contribution is -0.118. The molecule has 0 atom stereocenters. The lowest BCUT2D eigenvalue weighted by Crippen LogP contribution is -2.20. The average Bonchev–Trinajstić information content (AvgIpc) is 3.32. The van der Waals surface area contributed by atoms with Crippen molar-refractivity contribution in [1.29, 1.82) is 0 Å². The molecule has 8 nitrogen and oxygen atoms in total. The highest BCUT2D eigenvalue weighted by Crippen LogP contribution is 2.30. The smallest absolute Gasteiger partial charge is 0.250 e. The predicted octanol–water partition coefficient (Wildman–Crippen LogP) is 3.95. The van der Waals surface area contributed by atoms with Crippen molar-refractivity contribution in [3.8, 4) is 28.6 Å². The van der Waals surface area contributed by atoms with E-state index < -0.39 is 0 Å². The molecule has 0 spiro atoms. The van der Waals surface area contributed by atoms with Crippen molar-refractivity contribution < 1.29 is 14.3 Å². The number of nitrogens with zero attached hydrogens (tertiary/aromatic N) is 4. The molecule has 0 unspecified atom stereocenters. The Bertz CT molecular complexity index is 1310. The van der Waals surface area contributed by atoms with Crippen molar-refractivity contribution in [3.05, 3.63) is 84.4 Å². The van der Waals surface area contributed by atoms with Crippen LogP contribution in [0.3, 0.4) is 0 Å². The molecule has 170 valence electrons. The SMILES string of the molecule is O=C(CSc1nnc(-c2ccccc2)n1-c1ccccc1)N/N=C/c1ccc2c(c1)OCCO2. The number of nitrogens with one attached hydrogen (secondary N) is 1. The number of rotatable bonds is 7. The molecular formula is C25H21N5O3S. The van der Waals surface area contributed by atoms with Gasteiger partial charge in [0.25, 0.3) is 5.91 Å². The zero-order valence-corrected chi connectivity index (χ0v) is 18.9. The third-order valence-electron chi connectivity index (χ3n) is 4.98. The summed E-state index contributed by atoms with van der Waals surface area (Å²) in [6, 6.07) is 25.2. The summed E-state index contributed by atoms with van der Waals surface area (Å²) in [5.41, 5.74) is 5.22. The molecule has 0 saturated heterocycles. The van der Waals surface area contributed by atoms with Crippen molar-refractivity contribution in [2.45, 2.75) is 5.16 Å². The molecule has 2 heterocycles. The number of thioether (sulfide) groups is 1. The second-order valence-electron chi connectivity index (χ2n) is 7.33. The summed E-state index contributed by atoms with van der Waals surface area (Å²) in [4.78, 5) is 12.4. The summed E-state index contributed by atoms with van der Waals surface area (Å²) < 4.78 is 13.0. The van der Waals surface area contributed by atoms with Gasteiger partial charge >= 0.3 is 0 Å². The quantitative estimate of drug-likeness (QED) is 0.249. The van der Waals surface area contributed by atoms with Crippen LogP contribution in [0.25, 0.3) is 17.1 Å². The Morgan fingerprint density at radius 2 is 1.71 bits per heavy atom. The lowest BCUT2D eigenvalue weighted by Gasteiger charge is -2.18. The van der Waals surface area contributed by atoms with Gasteiger partial charge in [-0.05, 0) is 35.9 Å². The minimum absolute atomic E-state index is 0.137. The van der Waals surface area contributed by atoms with Crippen molar-refractivity contribution >= 4 is 23.9 Å². The Kier molecular flexibility index (Phi) is 6.53. The number of benzene rings is 3. The number of amides is 1. The van der Waals surface area contributed by atoms with Gasteiger partial charge in [-0.15, -0.1) is 10.2 Å². The molecule has 4 aromatic rings. The maximum atomic E-state index is 12.4. The van der Waals surface area contributed by atoms with Gasteiger partial charge in [-0.25, -0.2) is 5.43 Å². The van der Waals surface area contributed by atoms with Gasteiger partial charge in [-0.2, -0.15) is 5.10 Å². The molecule has 1 aliphatic heterocycles. The number of carbonyl (C=O) groups excluding carboxylic acids is 1. The molecule has 5 rings (SSSR count). The molecule has 3 aromatic carbocycles. The normalized spacial score (nSPS) is 12.6. The Morgan fingerprint density at radius 1 is 0.971 bits per heavy atom. The predicted molar refractivity (Wildman–Crippen MR) is 131 cm³/mol. The molecule has 0 bridgehead atoms. The topological polar surface area (TPSA) is 90.6 Å². The fourth-order valence-corrected chi connectivity index (χ4v) is 4.17. The van der Waals surface area contributed by atoms with Crippen LogP contribution in [0.5, 0.6) is 11.5 Å². The van der Waals surface area contributed by atoms with Crippen molar-refractivity contribution in [1.82, 2.24) is 20.2 Å². The minimum atomic E-state index is -0.248. The number of hydrogen-bond donors (Lipinski definition) is 1. The Hall–Kier alpha value is -4.11. The minimum Gasteiger partial charge on any atom is -0.486 e. The van der Waals surface area contributed by atoms with Crippen LogP contribution < -0.4 is 14.9 Å². The standard InChI is InChI=1S/C25H21N5O3S/c31-23(27-26-16-18-11-12-21-22(15-18)33-14-13-32-21)17-34-25-29-28-24(19-7-3-1-4-8-19)30(25)20-9-5-2-6-10-20/h1-12,15-16H,13-14,17H2,(H,27,31)/b26-16+. The van der Waals surface area contributed by atoms with Crippen LogP contribution >= 0.6 is 11.8 Å². The average molecular weight is 472 g/mol. The van der Waals surface area contributed by atoms with E-state index in [9.17, 15) is 4.79 Å². The first kappa shape index (κ1) is 21.7. The molecule has 9 heteroatoms. The second kappa shape index (κ2) is 10.2. The molecule has 1 aliphatic rings. The molecule has 0 fully saturated rings. The summed E-state index contributed by atoms with van der Waals surface area (Å²) in [5.74, 6) is 1.99. The van der Waals surface area contributed by atoms with E-state index in [4.69, 9.17) is 9.47 Å². The van der Waals surface area contributed by atoms with Gasteiger partial charge in [-0.3, -0.25) is 9.36 Å². The highest BCUT2D eigenvalue weighted by molar-refractivity contribution is 7.99. The van der Waals surface area contributed by atoms with Gasteiger partial charge < -0.3 is 9.47 Å². The van der Waals surface area contributed by atoms with Crippen LogP contribution in [0.1, 0.15) is 5.56 Å². The van der Waals surface area contributed by atoms with E-state index in [2.05, 4.69) is 20.7 Å². The Labute approximate surface area is 200 Å². The fraction of sp³-hybridized carbons (Fsp3) is 0.120. The first-order valence-corrected chi connectivity index (χ1v) is 11.7. The summed E-state index contributed by atoms with van der Waals surface area (Å²) in [6.45, 7) is 1.06. The van der Waals surface area contributed by atoms with Gasteiger partial charge in [0.15, 0.2) is 22.5 Å². The monoisotopic (exact) mass is 471 g/mol. The third-order valence-corrected chi connectivity index (χ3v) is 5.91. The van der Waals surface area contributed by atoms with Crippen LogP contribution in [0.2, 0.25) is 0 Å². The molecule has 0 radical (unpaired) electrons. The first-order valence-electron chi connectivity index (χ1n) is 10.7. The van der Waals surface area contributed by atoms with Crippen LogP contribution in [-0.4, -0.2) is 45.9 Å². The largest absolute Gasteiger partial charge is 0.486 e. The molecule has 1 N–H and O–H groups in total. The lowest BCUT2D eigenvalue weighted by atomic mass is 10.2. The fourth-order valence-electron chi connectivity index (χ4n) is 3.43. The van der Waals surface area contributed by atoms with Gasteiger partial charge in [0.05, 0.1) is 12.0 Å². The second-order valence-corrected chi connectivity index (χ2v) is 8.27. The maximum Gasteiger partial charge on any atom is 0.250 e. The number of aromatic nitrogens is 3. The van der Waals surface area contributed by atoms with E-state index in [1.54, 1.807) is 6.21 Å². The molecule has 1 amide bonds. The van der Waals surface area contributed by atoms with Crippen LogP contribution in [-0.2, 0) is 4.79 Å². The summed E-state index contributed by atoms with van der Waals surface area (Å²) >= 11 is 1.30. The van der Waals surface area contributed by atoms with Gasteiger partial charge in [0.1, 0.15) is 13.2 Å². The van der Waals surface area contributed by atoms with Crippen LogP contribution in [0.4, 0.5) is 0 Å². The summed E-state index contributed by atoms with van der Waals surface area (Å²) in [5, 5.41) is 13.4. The number of carbonyl (C=O) groups is 1. The molecule has 34 heavy (non-hydrogen) atoms. The van der Waals surface area contributed by atoms with Crippen molar-refractivity contribution in [3.63, 3.8) is 0 Å². The van der Waals surface area contributed by atoms with E-state index in [1.807, 2.05) is 83.4 Å². The zero-order valence-electron chi connectivity index (χ0n) is 18.1. The van der Waals surface area contributed by atoms with Gasteiger partial charge in [0, 0.05) is 11.3 Å². The van der Waals surface area contributed by atoms with E-state index >= 15 is 0 Å². The van der Waals surface area contributed by atoms with Crippen molar-refractivity contribution in [2.24, 2.45) is 5.10 Å². The van der Waals surface area contributed by atoms with Crippen molar-refractivity contribution in [2.75, 3.05) is 19.0 Å². The van der Waals surface area contributed by atoms with E-state index in [0.29, 0.717) is 35.7 Å². The number of para-hydroxylation sites is 1. The van der Waals surface area contributed by atoms with E-state index in [-0.39, 0.29) is 11.7 Å². The highest BCUT2D eigenvalue weighted by atomic mass is 32.2. The first-order chi connectivity index (χ1) is 16.8. The van der Waals surface area contributed by atoms with E-state index in [0.717, 1.165) is 16.8 Å². The Morgan fingerprint density at radius 3 is 2.50 bits per heavy atom. The summed E-state index contributed by atoms with van der Waals surface area (Å²) in [7, 11) is 0. The maximum absolute atomic E-state index is 12.4. The number of hydrogen-bond acceptors (Lipinski definition) is 7. The summed E-state index contributed by atoms with van der Waals surface area (Å²) in [6.07, 6.45) is 1.57. The zero-order chi connectivity index (χ0) is 23.2. The van der Waals surface area contributed by atoms with Gasteiger partial charge in [-0.1, -0.05) is 60.3 Å². The molecule has 0 aliphatic carbocycles. The van der Waals surface area contributed by atoms with Gasteiger partial charge in [0.2, 0.25) is 0 Å². The molecular weight excluding hydrogens is 450 g/mol. The Balaban J connectivity index is 1.26. The van der Waals surface area contributed by atoms with Crippen LogP contribution in [0, 0.1) is 0 Å². The van der Waals surface area contributed by atoms with E-state index in [1.165, 1.54) is 11.8 Å². The number of ether oxygens (including phenoxy) is 2. The third kappa shape index (κ3) is 4.94. The highest BCUT2D eigenvalue weighted by Gasteiger charge is 2.17. The number of fused-ring (bicyclic) bond motifs is 1.